The van der Waals surface area contributed by atoms with Crippen LogP contribution in [-0.2, 0) is 4.79 Å². The summed E-state index contributed by atoms with van der Waals surface area (Å²) >= 11 is 0. The van der Waals surface area contributed by atoms with Crippen LogP contribution < -0.4 is 5.73 Å². The van der Waals surface area contributed by atoms with Gasteiger partial charge in [-0.2, -0.15) is 0 Å². The maximum atomic E-state index is 11.0. The van der Waals surface area contributed by atoms with E-state index in [2.05, 4.69) is 6.92 Å². The maximum absolute atomic E-state index is 11.0. The van der Waals surface area contributed by atoms with Crippen molar-refractivity contribution < 1.29 is 4.79 Å². The Morgan fingerprint density at radius 3 is 2.64 bits per heavy atom. The normalized spacial score (nSPS) is 32.1. The summed E-state index contributed by atoms with van der Waals surface area (Å²) in [6, 6.07) is 0.183. The van der Waals surface area contributed by atoms with E-state index in [-0.39, 0.29) is 11.9 Å². The molecule has 3 nitrogen and oxygen atoms in total. The first-order valence-electron chi connectivity index (χ1n) is 4.10. The Balaban J connectivity index is 2.49. The second kappa shape index (κ2) is 3.22. The summed E-state index contributed by atoms with van der Waals surface area (Å²) in [5.74, 6) is 0.703. The maximum Gasteiger partial charge on any atom is 0.219 e. The zero-order valence-electron chi connectivity index (χ0n) is 7.21. The number of nitrogens with zero attached hydrogens (tertiary/aromatic N) is 1. The fraction of sp³-hybridized carbons (Fsp3) is 0.875. The monoisotopic (exact) mass is 156 g/mol. The van der Waals surface area contributed by atoms with E-state index in [1.54, 1.807) is 6.92 Å². The van der Waals surface area contributed by atoms with Crippen molar-refractivity contribution in [3.05, 3.63) is 0 Å². The van der Waals surface area contributed by atoms with Crippen LogP contribution in [0.1, 0.15) is 20.3 Å². The lowest BCUT2D eigenvalue weighted by molar-refractivity contribution is -0.130. The van der Waals surface area contributed by atoms with Crippen LogP contribution in [0.25, 0.3) is 0 Å². The van der Waals surface area contributed by atoms with Crippen molar-refractivity contribution in [1.29, 1.82) is 0 Å². The standard InChI is InChI=1S/C8H16N2O/c1-6-3-8(9)5-10(4-6)7(2)11/h6,8H,3-5,9H2,1-2H3/t6-,8?/m0/s1. The highest BCUT2D eigenvalue weighted by Gasteiger charge is 2.23. The largest absolute Gasteiger partial charge is 0.341 e. The molecule has 0 aromatic carbocycles. The number of likely N-dealkylation sites (tertiary alicyclic amines) is 1. The Kier molecular flexibility index (Phi) is 2.49. The minimum atomic E-state index is 0.145. The summed E-state index contributed by atoms with van der Waals surface area (Å²) in [5, 5.41) is 0. The van der Waals surface area contributed by atoms with Gasteiger partial charge in [0.25, 0.3) is 0 Å². The van der Waals surface area contributed by atoms with Crippen molar-refractivity contribution in [2.45, 2.75) is 26.3 Å². The van der Waals surface area contributed by atoms with Gasteiger partial charge in [0.2, 0.25) is 5.91 Å². The Bertz CT molecular complexity index is 148. The van der Waals surface area contributed by atoms with E-state index in [0.717, 1.165) is 19.5 Å². The molecule has 1 aliphatic heterocycles. The van der Waals surface area contributed by atoms with Crippen LogP contribution in [0, 0.1) is 5.92 Å². The predicted octanol–water partition coefficient (Wildman–Crippen LogP) is 0.202. The second-order valence-electron chi connectivity index (χ2n) is 3.52. The van der Waals surface area contributed by atoms with Gasteiger partial charge in [-0.25, -0.2) is 0 Å². The molecule has 0 spiro atoms. The highest BCUT2D eigenvalue weighted by Crippen LogP contribution is 2.14. The zero-order chi connectivity index (χ0) is 8.43. The van der Waals surface area contributed by atoms with Crippen molar-refractivity contribution in [3.63, 3.8) is 0 Å². The van der Waals surface area contributed by atoms with E-state index in [1.807, 2.05) is 4.90 Å². The molecule has 0 radical (unpaired) electrons. The Hall–Kier alpha value is -0.570. The molecular formula is C8H16N2O. The first-order chi connectivity index (χ1) is 5.09. The number of rotatable bonds is 0. The van der Waals surface area contributed by atoms with Crippen molar-refractivity contribution in [2.24, 2.45) is 11.7 Å². The molecule has 1 aliphatic rings. The fourth-order valence-corrected chi connectivity index (χ4v) is 1.66. The Morgan fingerprint density at radius 2 is 2.18 bits per heavy atom. The van der Waals surface area contributed by atoms with Gasteiger partial charge in [-0.1, -0.05) is 6.92 Å². The predicted molar refractivity (Wildman–Crippen MR) is 44.0 cm³/mol. The molecule has 2 atom stereocenters. The van der Waals surface area contributed by atoms with Gasteiger partial charge in [0.1, 0.15) is 0 Å². The van der Waals surface area contributed by atoms with E-state index in [4.69, 9.17) is 5.73 Å². The first kappa shape index (κ1) is 8.53. The Morgan fingerprint density at radius 1 is 1.55 bits per heavy atom. The van der Waals surface area contributed by atoms with Crippen LogP contribution in [0.2, 0.25) is 0 Å². The first-order valence-corrected chi connectivity index (χ1v) is 4.10. The number of carbonyl (C=O) groups excluding carboxylic acids is 1. The minimum Gasteiger partial charge on any atom is -0.341 e. The quantitative estimate of drug-likeness (QED) is 0.544. The van der Waals surface area contributed by atoms with E-state index in [9.17, 15) is 4.79 Å². The van der Waals surface area contributed by atoms with Crippen LogP contribution in [-0.4, -0.2) is 29.9 Å². The number of carbonyl (C=O) groups is 1. The SMILES string of the molecule is CC(=O)N1CC(N)C[C@H](C)C1. The topological polar surface area (TPSA) is 46.3 Å². The molecule has 3 heteroatoms. The third-order valence-corrected chi connectivity index (χ3v) is 2.14. The molecule has 1 rings (SSSR count). The summed E-state index contributed by atoms with van der Waals surface area (Å²) in [7, 11) is 0. The van der Waals surface area contributed by atoms with Crippen LogP contribution in [0.4, 0.5) is 0 Å². The molecule has 11 heavy (non-hydrogen) atoms. The lowest BCUT2D eigenvalue weighted by atomic mass is 9.97. The number of amides is 1. The third-order valence-electron chi connectivity index (χ3n) is 2.14. The van der Waals surface area contributed by atoms with Crippen molar-refractivity contribution >= 4 is 5.91 Å². The second-order valence-corrected chi connectivity index (χ2v) is 3.52. The smallest absolute Gasteiger partial charge is 0.219 e. The van der Waals surface area contributed by atoms with Gasteiger partial charge in [0.05, 0.1) is 0 Å². The van der Waals surface area contributed by atoms with Gasteiger partial charge in [0.15, 0.2) is 0 Å². The van der Waals surface area contributed by atoms with Crippen LogP contribution >= 0.6 is 0 Å². The Labute approximate surface area is 67.5 Å². The van der Waals surface area contributed by atoms with Crippen LogP contribution in [0.5, 0.6) is 0 Å². The molecule has 1 heterocycles. The molecule has 0 saturated carbocycles. The summed E-state index contributed by atoms with van der Waals surface area (Å²) in [6.07, 6.45) is 1.05. The number of piperidine rings is 1. The molecule has 1 amide bonds. The van der Waals surface area contributed by atoms with Crippen molar-refractivity contribution in [1.82, 2.24) is 4.90 Å². The number of hydrogen-bond acceptors (Lipinski definition) is 2. The summed E-state index contributed by atoms with van der Waals surface area (Å²) in [4.78, 5) is 12.8. The molecule has 1 unspecified atom stereocenters. The molecule has 0 bridgehead atoms. The van der Waals surface area contributed by atoms with Gasteiger partial charge in [0, 0.05) is 26.1 Å². The third kappa shape index (κ3) is 2.19. The van der Waals surface area contributed by atoms with E-state index >= 15 is 0 Å². The average molecular weight is 156 g/mol. The van der Waals surface area contributed by atoms with Crippen molar-refractivity contribution in [3.8, 4) is 0 Å². The highest BCUT2D eigenvalue weighted by molar-refractivity contribution is 5.73. The van der Waals surface area contributed by atoms with Crippen LogP contribution in [0.15, 0.2) is 0 Å². The van der Waals surface area contributed by atoms with Crippen LogP contribution in [0.3, 0.4) is 0 Å². The summed E-state index contributed by atoms with van der Waals surface area (Å²) in [5.41, 5.74) is 5.76. The molecule has 0 aromatic rings. The van der Waals surface area contributed by atoms with Gasteiger partial charge in [-0.3, -0.25) is 4.79 Å². The minimum absolute atomic E-state index is 0.145. The molecule has 0 aromatic heterocycles. The molecule has 1 fully saturated rings. The molecule has 2 N–H and O–H groups in total. The van der Waals surface area contributed by atoms with E-state index < -0.39 is 0 Å². The molecule has 0 aliphatic carbocycles. The molecule has 64 valence electrons. The van der Waals surface area contributed by atoms with Gasteiger partial charge in [-0.15, -0.1) is 0 Å². The molecule has 1 saturated heterocycles. The van der Waals surface area contributed by atoms with Gasteiger partial charge < -0.3 is 10.6 Å². The number of hydrogen-bond donors (Lipinski definition) is 1. The summed E-state index contributed by atoms with van der Waals surface area (Å²) in [6.45, 7) is 5.35. The zero-order valence-corrected chi connectivity index (χ0v) is 7.21. The van der Waals surface area contributed by atoms with E-state index in [1.165, 1.54) is 0 Å². The highest BCUT2D eigenvalue weighted by atomic mass is 16.2. The fourth-order valence-electron chi connectivity index (χ4n) is 1.66. The van der Waals surface area contributed by atoms with Gasteiger partial charge in [-0.05, 0) is 12.3 Å². The van der Waals surface area contributed by atoms with Gasteiger partial charge >= 0.3 is 0 Å². The number of nitrogens with two attached hydrogens (primary N) is 1. The average Bonchev–Trinajstić information content (AvgIpc) is 1.85. The lowest BCUT2D eigenvalue weighted by Gasteiger charge is -2.34. The molecular weight excluding hydrogens is 140 g/mol. The van der Waals surface area contributed by atoms with Crippen molar-refractivity contribution in [2.75, 3.05) is 13.1 Å². The lowest BCUT2D eigenvalue weighted by Crippen LogP contribution is -2.48. The summed E-state index contributed by atoms with van der Waals surface area (Å²) < 4.78 is 0. The van der Waals surface area contributed by atoms with E-state index in [0.29, 0.717) is 5.92 Å².